The zero-order valence-corrected chi connectivity index (χ0v) is 13.8. The molecule has 2 aromatic rings. The lowest BCUT2D eigenvalue weighted by Gasteiger charge is -2.28. The van der Waals surface area contributed by atoms with Crippen LogP contribution < -0.4 is 15.6 Å². The summed E-state index contributed by atoms with van der Waals surface area (Å²) in [6.07, 6.45) is -5.56. The van der Waals surface area contributed by atoms with Crippen molar-refractivity contribution in [1.82, 2.24) is 9.88 Å². The maximum absolute atomic E-state index is 13.3. The molecule has 1 aromatic heterocycles. The quantitative estimate of drug-likeness (QED) is 0.732. The minimum absolute atomic E-state index is 0.150. The van der Waals surface area contributed by atoms with E-state index >= 15 is 0 Å². The van der Waals surface area contributed by atoms with Crippen molar-refractivity contribution in [2.45, 2.75) is 25.7 Å². The van der Waals surface area contributed by atoms with E-state index in [0.717, 1.165) is 10.6 Å². The smallest absolute Gasteiger partial charge is 0.420 e. The minimum atomic E-state index is -4.76. The van der Waals surface area contributed by atoms with Crippen LogP contribution in [0.15, 0.2) is 16.9 Å². The second-order valence-corrected chi connectivity index (χ2v) is 5.98. The van der Waals surface area contributed by atoms with Crippen molar-refractivity contribution in [3.05, 3.63) is 33.6 Å². The Labute approximate surface area is 148 Å². The summed E-state index contributed by atoms with van der Waals surface area (Å²) in [5.74, 6) is -3.97. The fraction of sp³-hybridized carbons (Fsp3) is 0.312. The maximum atomic E-state index is 13.3. The molecule has 3 N–H and O–H groups in total. The highest BCUT2D eigenvalue weighted by Gasteiger charge is 2.39. The number of aliphatic carboxylic acids is 1. The molecule has 3 rings (SSSR count). The van der Waals surface area contributed by atoms with E-state index in [1.807, 2.05) is 5.32 Å². The first-order valence-corrected chi connectivity index (χ1v) is 7.68. The molecule has 1 amide bonds. The molecule has 1 aliphatic heterocycles. The van der Waals surface area contributed by atoms with Gasteiger partial charge in [0, 0.05) is 5.39 Å². The van der Waals surface area contributed by atoms with Crippen LogP contribution in [0, 0.1) is 0 Å². The number of benzene rings is 1. The van der Waals surface area contributed by atoms with Gasteiger partial charge < -0.3 is 24.8 Å². The number of hydrogen-bond donors (Lipinski definition) is 3. The SMILES string of the molecule is CC1Cn2c(=O)c(C(=O)NCC(=O)O)c(O)c3ccc(C(F)(F)F)c(c32)O1. The van der Waals surface area contributed by atoms with Crippen LogP contribution in [0.4, 0.5) is 13.2 Å². The van der Waals surface area contributed by atoms with Crippen LogP contribution in [0.5, 0.6) is 11.5 Å². The first-order chi connectivity index (χ1) is 12.5. The molecule has 0 saturated heterocycles. The monoisotopic (exact) mass is 386 g/mol. The van der Waals surface area contributed by atoms with Gasteiger partial charge in [-0.3, -0.25) is 14.4 Å². The molecule has 1 unspecified atom stereocenters. The van der Waals surface area contributed by atoms with Gasteiger partial charge in [-0.25, -0.2) is 0 Å². The second-order valence-electron chi connectivity index (χ2n) is 5.98. The van der Waals surface area contributed by atoms with E-state index in [2.05, 4.69) is 0 Å². The molecule has 0 aliphatic carbocycles. The molecule has 27 heavy (non-hydrogen) atoms. The number of ether oxygens (including phenoxy) is 1. The summed E-state index contributed by atoms with van der Waals surface area (Å²) in [7, 11) is 0. The molecular weight excluding hydrogens is 373 g/mol. The van der Waals surface area contributed by atoms with Crippen LogP contribution in [0.3, 0.4) is 0 Å². The molecule has 1 aromatic carbocycles. The number of carboxylic acid groups (broad SMARTS) is 1. The molecule has 0 saturated carbocycles. The number of carbonyl (C=O) groups excluding carboxylic acids is 1. The van der Waals surface area contributed by atoms with Gasteiger partial charge in [0.2, 0.25) is 0 Å². The van der Waals surface area contributed by atoms with Crippen molar-refractivity contribution < 1.29 is 37.7 Å². The van der Waals surface area contributed by atoms with E-state index in [-0.39, 0.29) is 17.4 Å². The summed E-state index contributed by atoms with van der Waals surface area (Å²) >= 11 is 0. The normalized spacial score (nSPS) is 16.1. The number of nitrogens with zero attached hydrogens (tertiary/aromatic N) is 1. The molecular formula is C16H13F3N2O6. The van der Waals surface area contributed by atoms with Crippen LogP contribution in [0.25, 0.3) is 10.9 Å². The minimum Gasteiger partial charge on any atom is -0.506 e. The number of pyridine rings is 1. The largest absolute Gasteiger partial charge is 0.506 e. The Bertz CT molecular complexity index is 1030. The summed E-state index contributed by atoms with van der Waals surface area (Å²) in [6, 6.07) is 1.61. The Morgan fingerprint density at radius 2 is 2.04 bits per heavy atom. The predicted molar refractivity (Wildman–Crippen MR) is 84.9 cm³/mol. The van der Waals surface area contributed by atoms with Crippen molar-refractivity contribution in [2.24, 2.45) is 0 Å². The van der Waals surface area contributed by atoms with E-state index in [4.69, 9.17) is 9.84 Å². The Morgan fingerprint density at radius 3 is 2.63 bits per heavy atom. The van der Waals surface area contributed by atoms with Gasteiger partial charge in [-0.15, -0.1) is 0 Å². The first-order valence-electron chi connectivity index (χ1n) is 7.68. The van der Waals surface area contributed by atoms with Crippen LogP contribution in [-0.2, 0) is 17.5 Å². The molecule has 144 valence electrons. The van der Waals surface area contributed by atoms with Gasteiger partial charge in [0.1, 0.15) is 24.0 Å². The van der Waals surface area contributed by atoms with Crippen LogP contribution in [-0.4, -0.2) is 39.3 Å². The molecule has 0 bridgehead atoms. The highest BCUT2D eigenvalue weighted by molar-refractivity contribution is 6.04. The van der Waals surface area contributed by atoms with Crippen molar-refractivity contribution >= 4 is 22.8 Å². The number of carboxylic acids is 1. The number of hydrogen-bond acceptors (Lipinski definition) is 5. The fourth-order valence-electron chi connectivity index (χ4n) is 2.96. The van der Waals surface area contributed by atoms with Gasteiger partial charge in [0.25, 0.3) is 11.5 Å². The molecule has 0 fully saturated rings. The summed E-state index contributed by atoms with van der Waals surface area (Å²) in [5, 5.41) is 20.7. The Hall–Kier alpha value is -3.24. The number of halogens is 3. The highest BCUT2D eigenvalue weighted by atomic mass is 19.4. The van der Waals surface area contributed by atoms with Gasteiger partial charge in [-0.05, 0) is 19.1 Å². The molecule has 11 heteroatoms. The Kier molecular flexibility index (Phi) is 4.25. The summed E-state index contributed by atoms with van der Waals surface area (Å²) < 4.78 is 46.0. The molecule has 0 spiro atoms. The molecule has 2 heterocycles. The fourth-order valence-corrected chi connectivity index (χ4v) is 2.96. The van der Waals surface area contributed by atoms with E-state index in [1.165, 1.54) is 6.92 Å². The molecule has 1 aliphatic rings. The average molecular weight is 386 g/mol. The highest BCUT2D eigenvalue weighted by Crippen LogP contribution is 2.44. The van der Waals surface area contributed by atoms with Crippen LogP contribution >= 0.6 is 0 Å². The zero-order chi connectivity index (χ0) is 20.1. The van der Waals surface area contributed by atoms with E-state index < -0.39 is 58.9 Å². The van der Waals surface area contributed by atoms with Crippen molar-refractivity contribution in [1.29, 1.82) is 0 Å². The lowest BCUT2D eigenvalue weighted by molar-refractivity contribution is -0.139. The van der Waals surface area contributed by atoms with Crippen molar-refractivity contribution in [3.63, 3.8) is 0 Å². The number of alkyl halides is 3. The lowest BCUT2D eigenvalue weighted by atomic mass is 10.0. The number of carbonyl (C=O) groups is 2. The second kappa shape index (κ2) is 6.18. The van der Waals surface area contributed by atoms with E-state index in [9.17, 15) is 32.7 Å². The lowest BCUT2D eigenvalue weighted by Crippen LogP contribution is -2.39. The first kappa shape index (κ1) is 18.5. The predicted octanol–water partition coefficient (Wildman–Crippen LogP) is 1.32. The number of aromatic hydroxyl groups is 1. The molecule has 8 nitrogen and oxygen atoms in total. The van der Waals surface area contributed by atoms with Gasteiger partial charge in [-0.1, -0.05) is 0 Å². The van der Waals surface area contributed by atoms with Gasteiger partial charge in [-0.2, -0.15) is 13.2 Å². The molecule has 0 radical (unpaired) electrons. The molecule has 1 atom stereocenters. The van der Waals surface area contributed by atoms with Crippen LogP contribution in [0.1, 0.15) is 22.8 Å². The number of nitrogens with one attached hydrogen (secondary N) is 1. The standard InChI is InChI=1S/C16H13F3N2O6/c1-6-5-21-11-7(2-3-8(13(11)27-6)16(17,18)19)12(24)10(15(21)26)14(25)20-4-9(22)23/h2-3,6,24H,4-5H2,1H3,(H,20,25)(H,22,23). The summed E-state index contributed by atoms with van der Waals surface area (Å²) in [5.41, 5.74) is -3.18. The summed E-state index contributed by atoms with van der Waals surface area (Å²) in [4.78, 5) is 35.4. The summed E-state index contributed by atoms with van der Waals surface area (Å²) in [6.45, 7) is 0.502. The van der Waals surface area contributed by atoms with Gasteiger partial charge >= 0.3 is 12.1 Å². The van der Waals surface area contributed by atoms with E-state index in [1.54, 1.807) is 0 Å². The number of aromatic nitrogens is 1. The maximum Gasteiger partial charge on any atom is 0.420 e. The van der Waals surface area contributed by atoms with Crippen molar-refractivity contribution in [3.8, 4) is 11.5 Å². The Morgan fingerprint density at radius 1 is 1.37 bits per heavy atom. The zero-order valence-electron chi connectivity index (χ0n) is 13.8. The van der Waals surface area contributed by atoms with Crippen molar-refractivity contribution in [2.75, 3.05) is 6.54 Å². The average Bonchev–Trinajstić information content (AvgIpc) is 2.56. The Balaban J connectivity index is 2.32. The van der Waals surface area contributed by atoms with Gasteiger partial charge in [0.15, 0.2) is 5.75 Å². The third-order valence-corrected chi connectivity index (χ3v) is 4.04. The number of amides is 1. The van der Waals surface area contributed by atoms with Crippen LogP contribution in [0.2, 0.25) is 0 Å². The van der Waals surface area contributed by atoms with E-state index in [0.29, 0.717) is 6.07 Å². The van der Waals surface area contributed by atoms with Gasteiger partial charge in [0.05, 0.1) is 17.6 Å². The third kappa shape index (κ3) is 3.04. The third-order valence-electron chi connectivity index (χ3n) is 4.04. The number of rotatable bonds is 3. The topological polar surface area (TPSA) is 118 Å².